The summed E-state index contributed by atoms with van der Waals surface area (Å²) in [6, 6.07) is 7.40. The third-order valence-electron chi connectivity index (χ3n) is 3.17. The van der Waals surface area contributed by atoms with E-state index in [1.165, 1.54) is 14.2 Å². The highest BCUT2D eigenvalue weighted by atomic mass is 79.9. The molecule has 1 aromatic heterocycles. The Labute approximate surface area is 137 Å². The summed E-state index contributed by atoms with van der Waals surface area (Å²) in [5.74, 6) is 0.879. The molecule has 1 aromatic carbocycles. The zero-order valence-electron chi connectivity index (χ0n) is 12.6. The first-order chi connectivity index (χ1) is 10.5. The van der Waals surface area contributed by atoms with Gasteiger partial charge >= 0.3 is 5.97 Å². The fourth-order valence-corrected chi connectivity index (χ4v) is 2.49. The number of ether oxygens (including phenoxy) is 2. The molecule has 0 saturated carbocycles. The molecule has 1 N–H and O–H groups in total. The molecule has 0 aliphatic carbocycles. The summed E-state index contributed by atoms with van der Waals surface area (Å²) >= 11 is 3.39. The molecule has 0 atom stereocenters. The lowest BCUT2D eigenvalue weighted by Crippen LogP contribution is -2.07. The van der Waals surface area contributed by atoms with Crippen LogP contribution in [0.4, 0.5) is 5.82 Å². The summed E-state index contributed by atoms with van der Waals surface area (Å²) in [4.78, 5) is 16.1. The van der Waals surface area contributed by atoms with Gasteiger partial charge in [0.05, 0.1) is 14.2 Å². The number of methoxy groups -OCH3 is 2. The maximum absolute atomic E-state index is 11.8. The number of carbonyl (C=O) groups is 1. The lowest BCUT2D eigenvalue weighted by Gasteiger charge is -2.11. The van der Waals surface area contributed by atoms with Crippen molar-refractivity contribution in [3.63, 3.8) is 0 Å². The van der Waals surface area contributed by atoms with Crippen molar-refractivity contribution in [3.8, 4) is 5.75 Å². The minimum atomic E-state index is -0.420. The lowest BCUT2D eigenvalue weighted by molar-refractivity contribution is 0.0597. The van der Waals surface area contributed by atoms with Gasteiger partial charge in [-0.2, -0.15) is 0 Å². The Morgan fingerprint density at radius 1 is 1.32 bits per heavy atom. The number of carbonyl (C=O) groups excluding carboxylic acids is 1. The number of hydrogen-bond acceptors (Lipinski definition) is 5. The molecular weight excluding hydrogens is 348 g/mol. The molecule has 0 bridgehead atoms. The van der Waals surface area contributed by atoms with Crippen LogP contribution in [0.2, 0.25) is 0 Å². The molecule has 0 amide bonds. The highest BCUT2D eigenvalue weighted by Gasteiger charge is 2.13. The van der Waals surface area contributed by atoms with E-state index in [-0.39, 0.29) is 0 Å². The van der Waals surface area contributed by atoms with Crippen LogP contribution in [0, 0.1) is 6.92 Å². The van der Waals surface area contributed by atoms with Crippen molar-refractivity contribution in [3.05, 3.63) is 51.6 Å². The minimum Gasteiger partial charge on any atom is -0.496 e. The predicted molar refractivity (Wildman–Crippen MR) is 88.3 cm³/mol. The quantitative estimate of drug-likeness (QED) is 0.821. The van der Waals surface area contributed by atoms with Crippen LogP contribution in [-0.2, 0) is 11.3 Å². The Morgan fingerprint density at radius 2 is 2.09 bits per heavy atom. The van der Waals surface area contributed by atoms with Crippen LogP contribution in [0.1, 0.15) is 21.5 Å². The molecule has 0 spiro atoms. The molecule has 2 aromatic rings. The van der Waals surface area contributed by atoms with Crippen LogP contribution >= 0.6 is 15.9 Å². The molecule has 5 nitrogen and oxygen atoms in total. The number of halogens is 1. The van der Waals surface area contributed by atoms with E-state index >= 15 is 0 Å². The average Bonchev–Trinajstić information content (AvgIpc) is 2.53. The number of aryl methyl sites for hydroxylation is 1. The molecule has 0 fully saturated rings. The van der Waals surface area contributed by atoms with Gasteiger partial charge in [0.25, 0.3) is 0 Å². The van der Waals surface area contributed by atoms with E-state index in [0.29, 0.717) is 17.9 Å². The highest BCUT2D eigenvalue weighted by Crippen LogP contribution is 2.22. The average molecular weight is 365 g/mol. The maximum atomic E-state index is 11.8. The van der Waals surface area contributed by atoms with E-state index < -0.39 is 5.97 Å². The smallest absolute Gasteiger partial charge is 0.341 e. The molecule has 0 saturated heterocycles. The molecule has 6 heteroatoms. The Bertz CT molecular complexity index is 689. The monoisotopic (exact) mass is 364 g/mol. The van der Waals surface area contributed by atoms with Crippen LogP contribution in [0.15, 0.2) is 34.9 Å². The van der Waals surface area contributed by atoms with Crippen LogP contribution in [0.5, 0.6) is 5.75 Å². The van der Waals surface area contributed by atoms with Crippen molar-refractivity contribution in [2.45, 2.75) is 13.5 Å². The van der Waals surface area contributed by atoms with Gasteiger partial charge in [0.1, 0.15) is 17.1 Å². The van der Waals surface area contributed by atoms with Gasteiger partial charge in [0.15, 0.2) is 0 Å². The lowest BCUT2D eigenvalue weighted by atomic mass is 10.1. The van der Waals surface area contributed by atoms with E-state index in [1.54, 1.807) is 18.3 Å². The molecule has 116 valence electrons. The van der Waals surface area contributed by atoms with Gasteiger partial charge in [-0.25, -0.2) is 9.78 Å². The van der Waals surface area contributed by atoms with Gasteiger partial charge in [-0.3, -0.25) is 0 Å². The Morgan fingerprint density at radius 3 is 2.73 bits per heavy atom. The summed E-state index contributed by atoms with van der Waals surface area (Å²) in [7, 11) is 2.87. The van der Waals surface area contributed by atoms with Gasteiger partial charge in [-0.05, 0) is 52.2 Å². The van der Waals surface area contributed by atoms with Gasteiger partial charge in [-0.15, -0.1) is 0 Å². The van der Waals surface area contributed by atoms with E-state index in [2.05, 4.69) is 26.2 Å². The zero-order chi connectivity index (χ0) is 16.1. The number of hydrogen-bond donors (Lipinski definition) is 1. The van der Waals surface area contributed by atoms with Crippen LogP contribution in [0.3, 0.4) is 0 Å². The number of nitrogens with zero attached hydrogens (tertiary/aromatic N) is 1. The first kappa shape index (κ1) is 16.3. The van der Waals surface area contributed by atoms with Crippen molar-refractivity contribution in [2.24, 2.45) is 0 Å². The number of pyridine rings is 1. The second-order valence-corrected chi connectivity index (χ2v) is 5.61. The van der Waals surface area contributed by atoms with Crippen molar-refractivity contribution in [1.29, 1.82) is 0 Å². The van der Waals surface area contributed by atoms with E-state index in [4.69, 9.17) is 9.47 Å². The molecule has 22 heavy (non-hydrogen) atoms. The summed E-state index contributed by atoms with van der Waals surface area (Å²) in [6.07, 6.45) is 1.74. The summed E-state index contributed by atoms with van der Waals surface area (Å²) < 4.78 is 10.9. The standard InChI is InChI=1S/C16H17BrN2O3/c1-10-6-12(17)9-19-15(10)18-8-11-4-5-14(21-2)13(7-11)16(20)22-3/h4-7,9H,8H2,1-3H3,(H,18,19). The normalized spacial score (nSPS) is 10.2. The van der Waals surface area contributed by atoms with Gasteiger partial charge in [0.2, 0.25) is 0 Å². The number of esters is 1. The first-order valence-corrected chi connectivity index (χ1v) is 7.45. The van der Waals surface area contributed by atoms with Crippen molar-refractivity contribution >= 4 is 27.7 Å². The number of aromatic nitrogens is 1. The van der Waals surface area contributed by atoms with Crippen molar-refractivity contribution in [1.82, 2.24) is 4.98 Å². The van der Waals surface area contributed by atoms with Crippen molar-refractivity contribution in [2.75, 3.05) is 19.5 Å². The SMILES string of the molecule is COC(=O)c1cc(CNc2ncc(Br)cc2C)ccc1OC. The number of anilines is 1. The third-order valence-corrected chi connectivity index (χ3v) is 3.61. The fraction of sp³-hybridized carbons (Fsp3) is 0.250. The fourth-order valence-electron chi connectivity index (χ4n) is 2.05. The van der Waals surface area contributed by atoms with Crippen LogP contribution in [-0.4, -0.2) is 25.2 Å². The Kier molecular flexibility index (Phi) is 5.38. The summed E-state index contributed by atoms with van der Waals surface area (Å²) in [5, 5.41) is 3.25. The first-order valence-electron chi connectivity index (χ1n) is 6.66. The molecule has 1 heterocycles. The minimum absolute atomic E-state index is 0.407. The highest BCUT2D eigenvalue weighted by molar-refractivity contribution is 9.10. The number of benzene rings is 1. The number of rotatable bonds is 5. The molecule has 0 aliphatic rings. The van der Waals surface area contributed by atoms with Gasteiger partial charge in [-0.1, -0.05) is 6.07 Å². The topological polar surface area (TPSA) is 60.5 Å². The molecule has 0 aliphatic heterocycles. The second kappa shape index (κ2) is 7.26. The molecule has 0 radical (unpaired) electrons. The largest absolute Gasteiger partial charge is 0.496 e. The Hall–Kier alpha value is -2.08. The maximum Gasteiger partial charge on any atom is 0.341 e. The molecule has 0 unspecified atom stereocenters. The van der Waals surface area contributed by atoms with E-state index in [9.17, 15) is 4.79 Å². The van der Waals surface area contributed by atoms with Crippen LogP contribution in [0.25, 0.3) is 0 Å². The number of nitrogens with one attached hydrogen (secondary N) is 1. The van der Waals surface area contributed by atoms with E-state index in [1.807, 2.05) is 19.1 Å². The third kappa shape index (κ3) is 3.76. The van der Waals surface area contributed by atoms with Gasteiger partial charge in [0, 0.05) is 17.2 Å². The van der Waals surface area contributed by atoms with Crippen molar-refractivity contribution < 1.29 is 14.3 Å². The molecule has 2 rings (SSSR count). The summed E-state index contributed by atoms with van der Waals surface area (Å²) in [5.41, 5.74) is 2.38. The molecular formula is C16H17BrN2O3. The second-order valence-electron chi connectivity index (χ2n) is 4.70. The van der Waals surface area contributed by atoms with Crippen LogP contribution < -0.4 is 10.1 Å². The van der Waals surface area contributed by atoms with Gasteiger partial charge < -0.3 is 14.8 Å². The Balaban J connectivity index is 2.18. The van der Waals surface area contributed by atoms with E-state index in [0.717, 1.165) is 21.4 Å². The zero-order valence-corrected chi connectivity index (χ0v) is 14.2. The summed E-state index contributed by atoms with van der Waals surface area (Å²) in [6.45, 7) is 2.53. The predicted octanol–water partition coefficient (Wildman–Crippen LogP) is 3.56.